The topological polar surface area (TPSA) is 66.8 Å². The van der Waals surface area contributed by atoms with E-state index in [1.54, 1.807) is 4.90 Å². The van der Waals surface area contributed by atoms with Gasteiger partial charge in [0.2, 0.25) is 0 Å². The van der Waals surface area contributed by atoms with Gasteiger partial charge >= 0.3 is 12.1 Å². The highest BCUT2D eigenvalue weighted by Crippen LogP contribution is 2.44. The Kier molecular flexibility index (Phi) is 5.17. The first kappa shape index (κ1) is 20.3. The van der Waals surface area contributed by atoms with Crippen molar-refractivity contribution < 1.29 is 19.4 Å². The number of nitrogens with zero attached hydrogens (tertiary/aromatic N) is 1. The summed E-state index contributed by atoms with van der Waals surface area (Å²) in [6, 6.07) is 25.8. The fourth-order valence-electron chi connectivity index (χ4n) is 5.14. The number of carboxylic acids is 1. The third-order valence-corrected chi connectivity index (χ3v) is 6.95. The number of carboxylic acid groups (broad SMARTS) is 1. The lowest BCUT2D eigenvalue weighted by Crippen LogP contribution is -2.49. The van der Waals surface area contributed by atoms with Crippen LogP contribution in [0.1, 0.15) is 35.4 Å². The molecule has 0 radical (unpaired) electrons. The van der Waals surface area contributed by atoms with E-state index in [4.69, 9.17) is 4.74 Å². The number of hydrogen-bond donors (Lipinski definition) is 1. The van der Waals surface area contributed by atoms with E-state index in [1.165, 1.54) is 22.3 Å². The maximum atomic E-state index is 12.9. The zero-order valence-corrected chi connectivity index (χ0v) is 17.7. The summed E-state index contributed by atoms with van der Waals surface area (Å²) >= 11 is 0. The first-order chi connectivity index (χ1) is 15.6. The number of hydrogen-bond acceptors (Lipinski definition) is 3. The van der Waals surface area contributed by atoms with E-state index < -0.39 is 11.4 Å². The van der Waals surface area contributed by atoms with Gasteiger partial charge in [0.15, 0.2) is 0 Å². The molecule has 0 unspecified atom stereocenters. The molecule has 5 heteroatoms. The van der Waals surface area contributed by atoms with Gasteiger partial charge in [-0.3, -0.25) is 4.79 Å². The minimum atomic E-state index is -0.957. The quantitative estimate of drug-likeness (QED) is 0.632. The number of ether oxygens (including phenoxy) is 1. The van der Waals surface area contributed by atoms with Crippen molar-refractivity contribution in [2.75, 3.05) is 19.7 Å². The summed E-state index contributed by atoms with van der Waals surface area (Å²) in [5.74, 6) is -0.825. The zero-order valence-electron chi connectivity index (χ0n) is 17.7. The van der Waals surface area contributed by atoms with Gasteiger partial charge in [-0.15, -0.1) is 0 Å². The lowest BCUT2D eigenvalue weighted by Gasteiger charge is -2.38. The summed E-state index contributed by atoms with van der Waals surface area (Å²) in [4.78, 5) is 26.6. The molecule has 5 nitrogen and oxygen atoms in total. The second-order valence-electron chi connectivity index (χ2n) is 8.54. The molecule has 0 spiro atoms. The fraction of sp³-hybridized carbons (Fsp3) is 0.259. The van der Waals surface area contributed by atoms with Gasteiger partial charge in [0.1, 0.15) is 6.61 Å². The van der Waals surface area contributed by atoms with Crippen LogP contribution in [0.15, 0.2) is 78.9 Å². The SMILES string of the molecule is O=C(OCC1c2ccccc2-c2ccccc21)N1CCC(C(=O)O)(c2ccccc2)CC1. The standard InChI is InChI=1S/C27H25NO4/c29-25(30)27(19-8-2-1-3-9-19)14-16-28(17-15-27)26(31)32-18-24-22-12-6-4-10-20(22)21-11-5-7-13-23(21)24/h1-13,24H,14-18H2,(H,29,30). The second kappa shape index (κ2) is 8.15. The van der Waals surface area contributed by atoms with E-state index in [-0.39, 0.29) is 18.6 Å². The largest absolute Gasteiger partial charge is 0.481 e. The Morgan fingerprint density at radius 2 is 1.38 bits per heavy atom. The third kappa shape index (κ3) is 3.34. The van der Waals surface area contributed by atoms with Gasteiger partial charge in [0.25, 0.3) is 0 Å². The number of likely N-dealkylation sites (tertiary alicyclic amines) is 1. The highest BCUT2D eigenvalue weighted by atomic mass is 16.6. The predicted octanol–water partition coefficient (Wildman–Crippen LogP) is 5.05. The van der Waals surface area contributed by atoms with Gasteiger partial charge < -0.3 is 14.7 Å². The third-order valence-electron chi connectivity index (χ3n) is 6.95. The molecule has 5 rings (SSSR count). The van der Waals surface area contributed by atoms with Crippen molar-refractivity contribution in [1.82, 2.24) is 4.90 Å². The average molecular weight is 428 g/mol. The Morgan fingerprint density at radius 3 is 1.94 bits per heavy atom. The van der Waals surface area contributed by atoms with Crippen molar-refractivity contribution >= 4 is 12.1 Å². The normalized spacial score (nSPS) is 16.8. The van der Waals surface area contributed by atoms with Crippen LogP contribution in [0.5, 0.6) is 0 Å². The molecule has 32 heavy (non-hydrogen) atoms. The van der Waals surface area contributed by atoms with E-state index in [9.17, 15) is 14.7 Å². The molecule has 0 bridgehead atoms. The Morgan fingerprint density at radius 1 is 0.844 bits per heavy atom. The maximum Gasteiger partial charge on any atom is 0.409 e. The summed E-state index contributed by atoms with van der Waals surface area (Å²) in [6.45, 7) is 0.988. The van der Waals surface area contributed by atoms with Crippen molar-refractivity contribution in [2.45, 2.75) is 24.2 Å². The fourth-order valence-corrected chi connectivity index (χ4v) is 5.14. The molecule has 162 valence electrons. The Labute approximate surface area is 187 Å². The van der Waals surface area contributed by atoms with Gasteiger partial charge in [-0.2, -0.15) is 0 Å². The van der Waals surface area contributed by atoms with Crippen LogP contribution in [0.4, 0.5) is 4.79 Å². The molecule has 1 amide bonds. The number of aliphatic carboxylic acids is 1. The van der Waals surface area contributed by atoms with Crippen molar-refractivity contribution in [3.05, 3.63) is 95.6 Å². The average Bonchev–Trinajstić information content (AvgIpc) is 3.17. The van der Waals surface area contributed by atoms with Crippen LogP contribution in [0.2, 0.25) is 0 Å². The van der Waals surface area contributed by atoms with Gasteiger partial charge in [-0.05, 0) is 40.7 Å². The van der Waals surface area contributed by atoms with Crippen LogP contribution in [0.3, 0.4) is 0 Å². The molecule has 3 aromatic carbocycles. The number of piperidine rings is 1. The molecule has 3 aromatic rings. The molecular formula is C27H25NO4. The van der Waals surface area contributed by atoms with E-state index in [0.29, 0.717) is 25.9 Å². The molecule has 1 aliphatic carbocycles. The number of amides is 1. The van der Waals surface area contributed by atoms with Crippen molar-refractivity contribution in [2.24, 2.45) is 0 Å². The first-order valence-corrected chi connectivity index (χ1v) is 11.0. The van der Waals surface area contributed by atoms with E-state index in [2.05, 4.69) is 24.3 Å². The van der Waals surface area contributed by atoms with Crippen LogP contribution < -0.4 is 0 Å². The second-order valence-corrected chi connectivity index (χ2v) is 8.54. The Balaban J connectivity index is 1.27. The molecule has 1 N–H and O–H groups in total. The molecule has 2 aliphatic rings. The molecular weight excluding hydrogens is 402 g/mol. The maximum absolute atomic E-state index is 12.9. The van der Waals surface area contributed by atoms with Crippen molar-refractivity contribution in [1.29, 1.82) is 0 Å². The highest BCUT2D eigenvalue weighted by Gasteiger charge is 2.44. The number of carbonyl (C=O) groups is 2. The minimum Gasteiger partial charge on any atom is -0.481 e. The lowest BCUT2D eigenvalue weighted by molar-refractivity contribution is -0.145. The predicted molar refractivity (Wildman–Crippen MR) is 122 cm³/mol. The summed E-state index contributed by atoms with van der Waals surface area (Å²) < 4.78 is 5.75. The van der Waals surface area contributed by atoms with Gasteiger partial charge in [0.05, 0.1) is 5.41 Å². The number of benzene rings is 3. The molecule has 1 fully saturated rings. The smallest absolute Gasteiger partial charge is 0.409 e. The van der Waals surface area contributed by atoms with Crippen LogP contribution in [-0.4, -0.2) is 41.8 Å². The van der Waals surface area contributed by atoms with Crippen LogP contribution in [0.25, 0.3) is 11.1 Å². The Hall–Kier alpha value is -3.60. The van der Waals surface area contributed by atoms with Crippen LogP contribution >= 0.6 is 0 Å². The number of fused-ring (bicyclic) bond motifs is 3. The lowest BCUT2D eigenvalue weighted by atomic mass is 9.73. The van der Waals surface area contributed by atoms with Gasteiger partial charge in [-0.25, -0.2) is 4.79 Å². The first-order valence-electron chi connectivity index (χ1n) is 11.0. The molecule has 0 aromatic heterocycles. The number of rotatable bonds is 4. The molecule has 0 atom stereocenters. The molecule has 1 aliphatic heterocycles. The van der Waals surface area contributed by atoms with Gasteiger partial charge in [0, 0.05) is 19.0 Å². The monoisotopic (exact) mass is 427 g/mol. The summed E-state index contributed by atoms with van der Waals surface area (Å²) in [5.41, 5.74) is 4.57. The summed E-state index contributed by atoms with van der Waals surface area (Å²) in [7, 11) is 0. The minimum absolute atomic E-state index is 0.0126. The zero-order chi connectivity index (χ0) is 22.1. The highest BCUT2D eigenvalue weighted by molar-refractivity contribution is 5.82. The van der Waals surface area contributed by atoms with E-state index >= 15 is 0 Å². The summed E-state index contributed by atoms with van der Waals surface area (Å²) in [5, 5.41) is 9.97. The van der Waals surface area contributed by atoms with E-state index in [0.717, 1.165) is 5.56 Å². The summed E-state index contributed by atoms with van der Waals surface area (Å²) in [6.07, 6.45) is 0.367. The molecule has 1 heterocycles. The van der Waals surface area contributed by atoms with Crippen LogP contribution in [0, 0.1) is 0 Å². The van der Waals surface area contributed by atoms with Gasteiger partial charge in [-0.1, -0.05) is 78.9 Å². The number of carbonyl (C=O) groups excluding carboxylic acids is 1. The van der Waals surface area contributed by atoms with Crippen molar-refractivity contribution in [3.63, 3.8) is 0 Å². The Bertz CT molecular complexity index is 1100. The van der Waals surface area contributed by atoms with E-state index in [1.807, 2.05) is 54.6 Å². The van der Waals surface area contributed by atoms with Crippen LogP contribution in [-0.2, 0) is 14.9 Å². The molecule has 1 saturated heterocycles. The van der Waals surface area contributed by atoms with Crippen molar-refractivity contribution in [3.8, 4) is 11.1 Å². The molecule has 0 saturated carbocycles.